The molecular formula is C19H30IN5S. The molecule has 0 aliphatic heterocycles. The fourth-order valence-corrected chi connectivity index (χ4v) is 3.21. The van der Waals surface area contributed by atoms with E-state index in [1.54, 1.807) is 0 Å². The van der Waals surface area contributed by atoms with Crippen LogP contribution < -0.4 is 10.6 Å². The van der Waals surface area contributed by atoms with Crippen LogP contribution in [0.2, 0.25) is 0 Å². The van der Waals surface area contributed by atoms with Gasteiger partial charge in [-0.05, 0) is 38.8 Å². The lowest BCUT2D eigenvalue weighted by Crippen LogP contribution is -2.38. The number of hydrogen-bond acceptors (Lipinski definition) is 3. The Balaban J connectivity index is 0.00000338. The summed E-state index contributed by atoms with van der Waals surface area (Å²) < 4.78 is 2.19. The highest BCUT2D eigenvalue weighted by atomic mass is 127. The molecule has 144 valence electrons. The third kappa shape index (κ3) is 8.93. The zero-order chi connectivity index (χ0) is 17.7. The lowest BCUT2D eigenvalue weighted by molar-refractivity contribution is 0.600. The summed E-state index contributed by atoms with van der Waals surface area (Å²) in [6.07, 6.45) is 6.08. The standard InChI is InChI=1S/C19H29N5S.HI/c1-3-20-19(23-13-16-25-18-9-5-4-6-10-18)22-11-7-8-14-24-15-12-21-17(24)2;/h4-6,9-10,12,15H,3,7-8,11,13-14,16H2,1-2H3,(H2,20,22,23);1H. The first-order valence-electron chi connectivity index (χ1n) is 8.97. The number of aromatic nitrogens is 2. The third-order valence-corrected chi connectivity index (χ3v) is 4.77. The second-order valence-electron chi connectivity index (χ2n) is 5.72. The van der Waals surface area contributed by atoms with Gasteiger partial charge in [-0.15, -0.1) is 35.7 Å². The Labute approximate surface area is 178 Å². The molecule has 0 fully saturated rings. The molecule has 0 radical (unpaired) electrons. The molecule has 1 aromatic carbocycles. The molecule has 1 aromatic heterocycles. The summed E-state index contributed by atoms with van der Waals surface area (Å²) in [5, 5.41) is 6.72. The number of guanidine groups is 1. The molecule has 0 saturated heterocycles. The van der Waals surface area contributed by atoms with Crippen LogP contribution >= 0.6 is 35.7 Å². The fraction of sp³-hybridized carbons (Fsp3) is 0.474. The molecule has 5 nitrogen and oxygen atoms in total. The lowest BCUT2D eigenvalue weighted by atomic mass is 10.3. The van der Waals surface area contributed by atoms with Crippen LogP contribution in [-0.4, -0.2) is 40.9 Å². The Hall–Kier alpha value is -1.22. The summed E-state index contributed by atoms with van der Waals surface area (Å²) in [6.45, 7) is 7.77. The van der Waals surface area contributed by atoms with Gasteiger partial charge in [0.25, 0.3) is 0 Å². The number of nitrogens with zero attached hydrogens (tertiary/aromatic N) is 3. The quantitative estimate of drug-likeness (QED) is 0.175. The largest absolute Gasteiger partial charge is 0.357 e. The topological polar surface area (TPSA) is 54.2 Å². The third-order valence-electron chi connectivity index (χ3n) is 3.75. The van der Waals surface area contributed by atoms with E-state index in [9.17, 15) is 0 Å². The highest BCUT2D eigenvalue weighted by Gasteiger charge is 1.99. The maximum Gasteiger partial charge on any atom is 0.191 e. The Morgan fingerprint density at radius 3 is 2.69 bits per heavy atom. The maximum absolute atomic E-state index is 4.66. The van der Waals surface area contributed by atoms with Gasteiger partial charge in [0.1, 0.15) is 5.82 Å². The predicted molar refractivity (Wildman–Crippen MR) is 123 cm³/mol. The van der Waals surface area contributed by atoms with Crippen molar-refractivity contribution in [3.8, 4) is 0 Å². The molecule has 0 atom stereocenters. The van der Waals surface area contributed by atoms with Crippen LogP contribution in [0.5, 0.6) is 0 Å². The first kappa shape index (κ1) is 22.8. The maximum atomic E-state index is 4.66. The van der Waals surface area contributed by atoms with Gasteiger partial charge in [0.2, 0.25) is 0 Å². The minimum atomic E-state index is 0. The van der Waals surface area contributed by atoms with Crippen molar-refractivity contribution in [1.29, 1.82) is 0 Å². The van der Waals surface area contributed by atoms with Crippen LogP contribution in [0.4, 0.5) is 0 Å². The number of unbranched alkanes of at least 4 members (excludes halogenated alkanes) is 1. The van der Waals surface area contributed by atoms with Crippen molar-refractivity contribution in [3.63, 3.8) is 0 Å². The van der Waals surface area contributed by atoms with Gasteiger partial charge >= 0.3 is 0 Å². The second-order valence-corrected chi connectivity index (χ2v) is 6.89. The minimum Gasteiger partial charge on any atom is -0.357 e. The molecule has 0 saturated carbocycles. The Morgan fingerprint density at radius 2 is 2.00 bits per heavy atom. The van der Waals surface area contributed by atoms with Crippen LogP contribution in [0, 0.1) is 6.92 Å². The van der Waals surface area contributed by atoms with E-state index in [0.29, 0.717) is 0 Å². The number of hydrogen-bond donors (Lipinski definition) is 2. The summed E-state index contributed by atoms with van der Waals surface area (Å²) >= 11 is 1.86. The SMILES string of the molecule is CCNC(=NCCCCn1ccnc1C)NCCSc1ccccc1.I. The molecular weight excluding hydrogens is 457 g/mol. The van der Waals surface area contributed by atoms with Crippen molar-refractivity contribution >= 4 is 41.7 Å². The van der Waals surface area contributed by atoms with E-state index < -0.39 is 0 Å². The number of aliphatic imine (C=N–C) groups is 1. The van der Waals surface area contributed by atoms with Crippen molar-refractivity contribution in [2.24, 2.45) is 4.99 Å². The normalized spacial score (nSPS) is 11.1. The molecule has 7 heteroatoms. The van der Waals surface area contributed by atoms with Crippen molar-refractivity contribution < 1.29 is 0 Å². The van der Waals surface area contributed by atoms with E-state index in [0.717, 1.165) is 56.6 Å². The van der Waals surface area contributed by atoms with Gasteiger partial charge < -0.3 is 15.2 Å². The van der Waals surface area contributed by atoms with Gasteiger partial charge in [-0.2, -0.15) is 0 Å². The van der Waals surface area contributed by atoms with E-state index >= 15 is 0 Å². The van der Waals surface area contributed by atoms with Crippen molar-refractivity contribution in [2.75, 3.05) is 25.4 Å². The van der Waals surface area contributed by atoms with Crippen molar-refractivity contribution in [3.05, 3.63) is 48.5 Å². The zero-order valence-electron chi connectivity index (χ0n) is 15.6. The summed E-state index contributed by atoms with van der Waals surface area (Å²) in [6, 6.07) is 10.5. The average molecular weight is 487 g/mol. The van der Waals surface area contributed by atoms with E-state index in [1.165, 1.54) is 4.90 Å². The van der Waals surface area contributed by atoms with Gasteiger partial charge in [-0.1, -0.05) is 18.2 Å². The van der Waals surface area contributed by atoms with E-state index in [-0.39, 0.29) is 24.0 Å². The van der Waals surface area contributed by atoms with Crippen LogP contribution in [0.15, 0.2) is 52.6 Å². The lowest BCUT2D eigenvalue weighted by Gasteiger charge is -2.11. The molecule has 1 heterocycles. The van der Waals surface area contributed by atoms with Gasteiger partial charge in [-0.25, -0.2) is 4.98 Å². The zero-order valence-corrected chi connectivity index (χ0v) is 18.8. The number of benzene rings is 1. The van der Waals surface area contributed by atoms with Crippen LogP contribution in [-0.2, 0) is 6.54 Å². The summed E-state index contributed by atoms with van der Waals surface area (Å²) in [4.78, 5) is 10.2. The minimum absolute atomic E-state index is 0. The Kier molecular flexibility index (Phi) is 12.2. The molecule has 0 bridgehead atoms. The molecule has 2 N–H and O–H groups in total. The molecule has 0 unspecified atom stereocenters. The van der Waals surface area contributed by atoms with Gasteiger partial charge in [-0.3, -0.25) is 4.99 Å². The Morgan fingerprint density at radius 1 is 1.19 bits per heavy atom. The molecule has 2 rings (SSSR count). The molecule has 2 aromatic rings. The highest BCUT2D eigenvalue weighted by Crippen LogP contribution is 2.15. The number of thioether (sulfide) groups is 1. The van der Waals surface area contributed by atoms with Gasteiger partial charge in [0.15, 0.2) is 5.96 Å². The van der Waals surface area contributed by atoms with Crippen LogP contribution in [0.3, 0.4) is 0 Å². The highest BCUT2D eigenvalue weighted by molar-refractivity contribution is 14.0. The second kappa shape index (κ2) is 13.9. The summed E-state index contributed by atoms with van der Waals surface area (Å²) in [5.74, 6) is 3.01. The number of imidazole rings is 1. The average Bonchev–Trinajstić information content (AvgIpc) is 3.04. The smallest absolute Gasteiger partial charge is 0.191 e. The fourth-order valence-electron chi connectivity index (χ4n) is 2.42. The van der Waals surface area contributed by atoms with E-state index in [2.05, 4.69) is 56.4 Å². The van der Waals surface area contributed by atoms with Gasteiger partial charge in [0.05, 0.1) is 0 Å². The van der Waals surface area contributed by atoms with Crippen LogP contribution in [0.1, 0.15) is 25.6 Å². The first-order valence-corrected chi connectivity index (χ1v) is 9.96. The molecule has 0 aliphatic rings. The molecule has 0 aliphatic carbocycles. The molecule has 0 amide bonds. The first-order chi connectivity index (χ1) is 12.3. The number of aryl methyl sites for hydroxylation is 2. The summed E-state index contributed by atoms with van der Waals surface area (Å²) in [5.41, 5.74) is 0. The molecule has 0 spiro atoms. The Bertz CT molecular complexity index is 630. The molecule has 26 heavy (non-hydrogen) atoms. The van der Waals surface area contributed by atoms with Crippen molar-refractivity contribution in [2.45, 2.75) is 38.1 Å². The van der Waals surface area contributed by atoms with Crippen LogP contribution in [0.25, 0.3) is 0 Å². The number of halogens is 1. The van der Waals surface area contributed by atoms with Crippen molar-refractivity contribution in [1.82, 2.24) is 20.2 Å². The monoisotopic (exact) mass is 487 g/mol. The summed E-state index contributed by atoms with van der Waals surface area (Å²) in [7, 11) is 0. The predicted octanol–water partition coefficient (Wildman–Crippen LogP) is 3.94. The number of rotatable bonds is 10. The van der Waals surface area contributed by atoms with E-state index in [1.807, 2.05) is 37.1 Å². The van der Waals surface area contributed by atoms with E-state index in [4.69, 9.17) is 0 Å². The van der Waals surface area contributed by atoms with Gasteiger partial charge in [0, 0.05) is 49.2 Å². The number of nitrogens with one attached hydrogen (secondary N) is 2.